The number of nitrogens with one attached hydrogen (secondary N) is 2. The van der Waals surface area contributed by atoms with Gasteiger partial charge in [0.15, 0.2) is 5.96 Å². The van der Waals surface area contributed by atoms with E-state index in [0.29, 0.717) is 19.0 Å². The second-order valence-corrected chi connectivity index (χ2v) is 7.78. The highest BCUT2D eigenvalue weighted by molar-refractivity contribution is 9.11. The van der Waals surface area contributed by atoms with Crippen LogP contribution in [0.25, 0.3) is 0 Å². The summed E-state index contributed by atoms with van der Waals surface area (Å²) in [7, 11) is 0. The summed E-state index contributed by atoms with van der Waals surface area (Å²) in [6, 6.07) is 0.286. The molecule has 1 fully saturated rings. The number of rotatable bonds is 2. The number of likely N-dealkylation sites (tertiary alicyclic amines) is 1. The van der Waals surface area contributed by atoms with Gasteiger partial charge in [0, 0.05) is 24.8 Å². The normalized spacial score (nSPS) is 23.4. The molecule has 0 aromatic heterocycles. The first-order chi connectivity index (χ1) is 10.7. The average Bonchev–Trinajstić information content (AvgIpc) is 2.43. The van der Waals surface area contributed by atoms with Crippen molar-refractivity contribution in [1.82, 2.24) is 15.5 Å². The van der Waals surface area contributed by atoms with Gasteiger partial charge in [0.2, 0.25) is 0 Å². The van der Waals surface area contributed by atoms with Crippen LogP contribution in [0, 0.1) is 0 Å². The Labute approximate surface area is 145 Å². The van der Waals surface area contributed by atoms with Crippen molar-refractivity contribution in [1.29, 1.82) is 0 Å². The molecular weight excluding hydrogens is 362 g/mol. The lowest BCUT2D eigenvalue weighted by atomic mass is 10.0. The number of carbonyl (C=O) groups is 1. The topological polar surface area (TPSA) is 92.0 Å². The van der Waals surface area contributed by atoms with Crippen LogP contribution in [0.2, 0.25) is 0 Å². The van der Waals surface area contributed by atoms with Gasteiger partial charge in [-0.25, -0.2) is 9.79 Å². The van der Waals surface area contributed by atoms with Gasteiger partial charge in [-0.3, -0.25) is 5.32 Å². The minimum Gasteiger partial charge on any atom is -0.444 e. The van der Waals surface area contributed by atoms with Crippen molar-refractivity contribution in [3.8, 4) is 0 Å². The van der Waals surface area contributed by atoms with E-state index in [0.717, 1.165) is 23.0 Å². The summed E-state index contributed by atoms with van der Waals surface area (Å²) in [5.41, 5.74) is 6.28. The molecule has 0 radical (unpaired) electrons. The Kier molecular flexibility index (Phi) is 5.57. The molecule has 1 atom stereocenters. The Morgan fingerprint density at radius 1 is 1.43 bits per heavy atom. The van der Waals surface area contributed by atoms with Crippen molar-refractivity contribution in [2.75, 3.05) is 13.1 Å². The van der Waals surface area contributed by atoms with E-state index in [-0.39, 0.29) is 18.3 Å². The van der Waals surface area contributed by atoms with Crippen molar-refractivity contribution in [2.24, 2.45) is 10.7 Å². The molecule has 2 heterocycles. The standard InChI is InChI=1S/C15H26BrN5O2/c1-9-11(16)12(20-13(17)18-9)19-10-5-7-21(8-6-10)14(22)23-15(2,3)4/h10,12,19H,5-8H2,1-4H3,(H3,17,18,20)/t12-/m0/s1. The molecule has 0 bridgehead atoms. The number of ether oxygens (including phenoxy) is 1. The maximum Gasteiger partial charge on any atom is 0.410 e. The fourth-order valence-electron chi connectivity index (χ4n) is 2.57. The molecule has 1 saturated heterocycles. The molecule has 0 spiro atoms. The number of nitrogens with zero attached hydrogens (tertiary/aromatic N) is 2. The van der Waals surface area contributed by atoms with Crippen LogP contribution in [0.3, 0.4) is 0 Å². The molecule has 2 rings (SSSR count). The van der Waals surface area contributed by atoms with Crippen molar-refractivity contribution < 1.29 is 9.53 Å². The van der Waals surface area contributed by atoms with E-state index in [1.165, 1.54) is 0 Å². The fourth-order valence-corrected chi connectivity index (χ4v) is 2.91. The van der Waals surface area contributed by atoms with E-state index in [4.69, 9.17) is 10.5 Å². The van der Waals surface area contributed by atoms with Gasteiger partial charge in [0.1, 0.15) is 11.8 Å². The summed E-state index contributed by atoms with van der Waals surface area (Å²) in [6.45, 7) is 8.94. The van der Waals surface area contributed by atoms with E-state index in [1.807, 2.05) is 27.7 Å². The molecule has 8 heteroatoms. The molecular formula is C15H26BrN5O2. The monoisotopic (exact) mass is 387 g/mol. The molecule has 0 aromatic rings. The number of amides is 1. The third kappa shape index (κ3) is 5.10. The second-order valence-electron chi connectivity index (χ2n) is 6.92. The highest BCUT2D eigenvalue weighted by Crippen LogP contribution is 2.22. The third-order valence-electron chi connectivity index (χ3n) is 3.72. The molecule has 2 aliphatic rings. The molecule has 4 N–H and O–H groups in total. The van der Waals surface area contributed by atoms with E-state index in [9.17, 15) is 4.79 Å². The summed E-state index contributed by atoms with van der Waals surface area (Å²) in [5, 5.41) is 6.48. The SMILES string of the molecule is CC1=C(Br)[C@@H](NC2CCN(C(=O)OC(C)(C)C)CC2)N=C(N)N1. The number of halogens is 1. The highest BCUT2D eigenvalue weighted by Gasteiger charge is 2.29. The maximum atomic E-state index is 12.1. The maximum absolute atomic E-state index is 12.1. The number of aliphatic imine (C=N–C) groups is 1. The lowest BCUT2D eigenvalue weighted by Gasteiger charge is -2.35. The van der Waals surface area contributed by atoms with Crippen LogP contribution >= 0.6 is 15.9 Å². The van der Waals surface area contributed by atoms with Crippen LogP contribution in [0.1, 0.15) is 40.5 Å². The molecule has 23 heavy (non-hydrogen) atoms. The molecule has 1 amide bonds. The fraction of sp³-hybridized carbons (Fsp3) is 0.733. The van der Waals surface area contributed by atoms with Crippen LogP contribution in [-0.2, 0) is 4.74 Å². The van der Waals surface area contributed by atoms with E-state index in [1.54, 1.807) is 4.90 Å². The zero-order valence-corrected chi connectivity index (χ0v) is 15.7. The molecule has 0 aromatic carbocycles. The third-order valence-corrected chi connectivity index (χ3v) is 4.75. The lowest BCUT2D eigenvalue weighted by molar-refractivity contribution is 0.0197. The number of nitrogens with two attached hydrogens (primary N) is 1. The molecule has 0 aliphatic carbocycles. The summed E-state index contributed by atoms with van der Waals surface area (Å²) in [5.74, 6) is 0.411. The lowest BCUT2D eigenvalue weighted by Crippen LogP contribution is -2.50. The number of hydrogen-bond donors (Lipinski definition) is 3. The van der Waals surface area contributed by atoms with Gasteiger partial charge in [-0.05, 0) is 56.5 Å². The van der Waals surface area contributed by atoms with Gasteiger partial charge in [-0.1, -0.05) is 0 Å². The number of carbonyl (C=O) groups excluding carboxylic acids is 1. The Morgan fingerprint density at radius 3 is 2.61 bits per heavy atom. The first-order valence-corrected chi connectivity index (χ1v) is 8.65. The van der Waals surface area contributed by atoms with Crippen molar-refractivity contribution in [2.45, 2.75) is 58.3 Å². The number of piperidine rings is 1. The zero-order valence-electron chi connectivity index (χ0n) is 14.1. The molecule has 130 valence electrons. The van der Waals surface area contributed by atoms with E-state index < -0.39 is 5.60 Å². The number of allylic oxidation sites excluding steroid dienone is 1. The van der Waals surface area contributed by atoms with Gasteiger partial charge >= 0.3 is 6.09 Å². The van der Waals surface area contributed by atoms with Gasteiger partial charge in [-0.15, -0.1) is 0 Å². The molecule has 7 nitrogen and oxygen atoms in total. The Balaban J connectivity index is 1.85. The summed E-state index contributed by atoms with van der Waals surface area (Å²) >= 11 is 3.55. The largest absolute Gasteiger partial charge is 0.444 e. The molecule has 2 aliphatic heterocycles. The van der Waals surface area contributed by atoms with Crippen molar-refractivity contribution >= 4 is 28.0 Å². The van der Waals surface area contributed by atoms with Gasteiger partial charge in [-0.2, -0.15) is 0 Å². The quantitative estimate of drug-likeness (QED) is 0.672. The minimum absolute atomic E-state index is 0.172. The Morgan fingerprint density at radius 2 is 2.04 bits per heavy atom. The minimum atomic E-state index is -0.458. The zero-order chi connectivity index (χ0) is 17.2. The van der Waals surface area contributed by atoms with Gasteiger partial charge in [0.05, 0.1) is 4.48 Å². The second kappa shape index (κ2) is 7.09. The highest BCUT2D eigenvalue weighted by atomic mass is 79.9. The number of hydrogen-bond acceptors (Lipinski definition) is 6. The van der Waals surface area contributed by atoms with E-state index in [2.05, 4.69) is 31.6 Å². The van der Waals surface area contributed by atoms with E-state index >= 15 is 0 Å². The van der Waals surface area contributed by atoms with Gasteiger partial charge < -0.3 is 20.7 Å². The predicted octanol–water partition coefficient (Wildman–Crippen LogP) is 1.85. The first kappa shape index (κ1) is 18.1. The van der Waals surface area contributed by atoms with Crippen LogP contribution in [0.15, 0.2) is 15.2 Å². The summed E-state index contributed by atoms with van der Waals surface area (Å²) < 4.78 is 6.37. The van der Waals surface area contributed by atoms with Crippen LogP contribution in [0.4, 0.5) is 4.79 Å². The molecule has 0 saturated carbocycles. The van der Waals surface area contributed by atoms with Gasteiger partial charge in [0.25, 0.3) is 0 Å². The average molecular weight is 388 g/mol. The smallest absolute Gasteiger partial charge is 0.410 e. The summed E-state index contributed by atoms with van der Waals surface area (Å²) in [6.07, 6.45) is 1.31. The van der Waals surface area contributed by atoms with Crippen molar-refractivity contribution in [3.05, 3.63) is 10.2 Å². The first-order valence-electron chi connectivity index (χ1n) is 7.86. The Bertz CT molecular complexity index is 518. The summed E-state index contributed by atoms with van der Waals surface area (Å²) in [4.78, 5) is 18.2. The number of guanidine groups is 1. The molecule has 0 unspecified atom stereocenters. The van der Waals surface area contributed by atoms with Crippen molar-refractivity contribution in [3.63, 3.8) is 0 Å². The van der Waals surface area contributed by atoms with Crippen LogP contribution < -0.4 is 16.4 Å². The van der Waals surface area contributed by atoms with Crippen LogP contribution in [-0.4, -0.2) is 47.9 Å². The predicted molar refractivity (Wildman–Crippen MR) is 94.1 cm³/mol. The Hall–Kier alpha value is -1.28. The van der Waals surface area contributed by atoms with Crippen LogP contribution in [0.5, 0.6) is 0 Å².